The van der Waals surface area contributed by atoms with Gasteiger partial charge in [-0.25, -0.2) is 9.37 Å². The van der Waals surface area contributed by atoms with E-state index in [0.29, 0.717) is 16.7 Å². The lowest BCUT2D eigenvalue weighted by Crippen LogP contribution is -2.25. The van der Waals surface area contributed by atoms with Gasteiger partial charge in [0, 0.05) is 48.2 Å². The maximum absolute atomic E-state index is 13.9. The van der Waals surface area contributed by atoms with Crippen molar-refractivity contribution >= 4 is 28.1 Å². The van der Waals surface area contributed by atoms with E-state index in [0.717, 1.165) is 18.8 Å². The molecule has 0 amide bonds. The fourth-order valence-corrected chi connectivity index (χ4v) is 3.66. The van der Waals surface area contributed by atoms with Crippen LogP contribution in [0.25, 0.3) is 10.9 Å². The number of nitrogens with zero attached hydrogens (tertiary/aromatic N) is 3. The molecule has 1 aromatic carbocycles. The number of pyridine rings is 2. The maximum Gasteiger partial charge on any atom is 0.287 e. The number of nitrogens with one attached hydrogen (secondary N) is 1. The van der Waals surface area contributed by atoms with Gasteiger partial charge in [0.1, 0.15) is 5.82 Å². The van der Waals surface area contributed by atoms with E-state index < -0.39 is 11.4 Å². The molecule has 3 heterocycles. The second-order valence-electron chi connectivity index (χ2n) is 7.26. The lowest BCUT2D eigenvalue weighted by atomic mass is 10.2. The van der Waals surface area contributed by atoms with Gasteiger partial charge in [-0.3, -0.25) is 4.79 Å². The van der Waals surface area contributed by atoms with Crippen molar-refractivity contribution < 1.29 is 4.39 Å². The molecule has 4 rings (SSSR count). The van der Waals surface area contributed by atoms with Gasteiger partial charge in [-0.1, -0.05) is 0 Å². The smallest absolute Gasteiger partial charge is 0.287 e. The topological polar surface area (TPSA) is 50.2 Å². The van der Waals surface area contributed by atoms with Gasteiger partial charge in [0.2, 0.25) is 0 Å². The molecule has 0 saturated carbocycles. The van der Waals surface area contributed by atoms with Gasteiger partial charge < -0.3 is 14.8 Å². The van der Waals surface area contributed by atoms with Gasteiger partial charge in [0.05, 0.1) is 5.52 Å². The number of benzene rings is 1. The van der Waals surface area contributed by atoms with Crippen molar-refractivity contribution in [2.24, 2.45) is 0 Å². The molecule has 27 heavy (non-hydrogen) atoms. The van der Waals surface area contributed by atoms with Gasteiger partial charge in [-0.05, 0) is 57.0 Å². The molecular formula is C21H23FN4O. The van der Waals surface area contributed by atoms with Crippen LogP contribution in [0.1, 0.15) is 32.7 Å². The first-order valence-corrected chi connectivity index (χ1v) is 9.36. The SMILES string of the molecule is CC(C)n1c(=O)c(F)cc2cnc(Nc3ccc(N4CCCC4)cc3)cc21. The quantitative estimate of drug-likeness (QED) is 0.741. The molecule has 5 nitrogen and oxygen atoms in total. The summed E-state index contributed by atoms with van der Waals surface area (Å²) in [7, 11) is 0. The van der Waals surface area contributed by atoms with Crippen LogP contribution >= 0.6 is 0 Å². The summed E-state index contributed by atoms with van der Waals surface area (Å²) in [5, 5.41) is 3.88. The van der Waals surface area contributed by atoms with Gasteiger partial charge in [-0.15, -0.1) is 0 Å². The van der Waals surface area contributed by atoms with Crippen molar-refractivity contribution in [2.45, 2.75) is 32.7 Å². The zero-order valence-corrected chi connectivity index (χ0v) is 15.6. The summed E-state index contributed by atoms with van der Waals surface area (Å²) in [4.78, 5) is 19.0. The third-order valence-electron chi connectivity index (χ3n) is 5.00. The minimum absolute atomic E-state index is 0.148. The third kappa shape index (κ3) is 3.39. The van der Waals surface area contributed by atoms with Crippen LogP contribution in [-0.2, 0) is 0 Å². The molecule has 3 aromatic rings. The first-order chi connectivity index (χ1) is 13.0. The summed E-state index contributed by atoms with van der Waals surface area (Å²) in [6.45, 7) is 5.96. The van der Waals surface area contributed by atoms with Crippen LogP contribution in [0, 0.1) is 5.82 Å². The van der Waals surface area contributed by atoms with Crippen molar-refractivity contribution in [3.8, 4) is 0 Å². The number of fused-ring (bicyclic) bond motifs is 1. The molecule has 1 aliphatic heterocycles. The first-order valence-electron chi connectivity index (χ1n) is 9.36. The Labute approximate surface area is 157 Å². The van der Waals surface area contributed by atoms with Crippen LogP contribution in [0.5, 0.6) is 0 Å². The number of hydrogen-bond acceptors (Lipinski definition) is 4. The number of halogens is 1. The van der Waals surface area contributed by atoms with Gasteiger partial charge in [-0.2, -0.15) is 0 Å². The highest BCUT2D eigenvalue weighted by Crippen LogP contribution is 2.25. The predicted molar refractivity (Wildman–Crippen MR) is 108 cm³/mol. The number of rotatable bonds is 4. The highest BCUT2D eigenvalue weighted by Gasteiger charge is 2.14. The highest BCUT2D eigenvalue weighted by atomic mass is 19.1. The molecule has 6 heteroatoms. The normalized spacial score (nSPS) is 14.3. The molecular weight excluding hydrogens is 343 g/mol. The van der Waals surface area contributed by atoms with Crippen LogP contribution in [0.3, 0.4) is 0 Å². The molecule has 0 atom stereocenters. The average molecular weight is 366 g/mol. The van der Waals surface area contributed by atoms with E-state index in [1.54, 1.807) is 12.3 Å². The van der Waals surface area contributed by atoms with Crippen molar-refractivity contribution in [1.29, 1.82) is 0 Å². The lowest BCUT2D eigenvalue weighted by Gasteiger charge is -2.18. The molecule has 2 aromatic heterocycles. The van der Waals surface area contributed by atoms with Crippen molar-refractivity contribution in [3.05, 3.63) is 58.8 Å². The summed E-state index contributed by atoms with van der Waals surface area (Å²) in [6.07, 6.45) is 4.09. The lowest BCUT2D eigenvalue weighted by molar-refractivity contribution is 0.542. The summed E-state index contributed by atoms with van der Waals surface area (Å²) in [6, 6.07) is 11.2. The molecule has 1 fully saturated rings. The van der Waals surface area contributed by atoms with Gasteiger partial charge in [0.15, 0.2) is 5.82 Å². The van der Waals surface area contributed by atoms with Crippen molar-refractivity contribution in [2.75, 3.05) is 23.3 Å². The molecule has 1 saturated heterocycles. The van der Waals surface area contributed by atoms with E-state index >= 15 is 0 Å². The largest absolute Gasteiger partial charge is 0.372 e. The monoisotopic (exact) mass is 366 g/mol. The summed E-state index contributed by atoms with van der Waals surface area (Å²) in [5.41, 5.74) is 2.21. The van der Waals surface area contributed by atoms with Crippen LogP contribution in [0.4, 0.5) is 21.6 Å². The Morgan fingerprint density at radius 3 is 2.48 bits per heavy atom. The fraction of sp³-hybridized carbons (Fsp3) is 0.333. The standard InChI is InChI=1S/C21H23FN4O/c1-14(2)26-19-12-20(23-13-15(19)11-18(22)21(26)27)24-16-5-7-17(8-6-16)25-9-3-4-10-25/h5-8,11-14H,3-4,9-10H2,1-2H3,(H,23,24). The van der Waals surface area contributed by atoms with E-state index in [4.69, 9.17) is 0 Å². The van der Waals surface area contributed by atoms with Crippen molar-refractivity contribution in [1.82, 2.24) is 9.55 Å². The zero-order chi connectivity index (χ0) is 19.0. The van der Waals surface area contributed by atoms with Gasteiger partial charge in [0.25, 0.3) is 5.56 Å². The Morgan fingerprint density at radius 1 is 1.11 bits per heavy atom. The molecule has 0 spiro atoms. The molecule has 0 radical (unpaired) electrons. The Balaban J connectivity index is 1.65. The Kier molecular flexibility index (Phi) is 4.56. The molecule has 1 N–H and O–H groups in total. The van der Waals surface area contributed by atoms with E-state index in [1.165, 1.54) is 29.2 Å². The summed E-state index contributed by atoms with van der Waals surface area (Å²) < 4.78 is 15.4. The molecule has 0 aliphatic carbocycles. The Hall–Kier alpha value is -2.89. The molecule has 140 valence electrons. The number of anilines is 3. The van der Waals surface area contributed by atoms with Gasteiger partial charge >= 0.3 is 0 Å². The molecule has 0 unspecified atom stereocenters. The number of hydrogen-bond donors (Lipinski definition) is 1. The van der Waals surface area contributed by atoms with E-state index in [9.17, 15) is 9.18 Å². The third-order valence-corrected chi connectivity index (χ3v) is 5.00. The van der Waals surface area contributed by atoms with E-state index in [2.05, 4.69) is 27.3 Å². The van der Waals surface area contributed by atoms with E-state index in [-0.39, 0.29) is 6.04 Å². The van der Waals surface area contributed by atoms with Crippen LogP contribution in [-0.4, -0.2) is 22.6 Å². The predicted octanol–water partition coefficient (Wildman–Crippen LogP) is 4.46. The van der Waals surface area contributed by atoms with Crippen LogP contribution < -0.4 is 15.8 Å². The summed E-state index contributed by atoms with van der Waals surface area (Å²) in [5.74, 6) is -0.131. The van der Waals surface area contributed by atoms with Crippen molar-refractivity contribution in [3.63, 3.8) is 0 Å². The summed E-state index contributed by atoms with van der Waals surface area (Å²) >= 11 is 0. The second kappa shape index (κ2) is 7.02. The average Bonchev–Trinajstić information content (AvgIpc) is 3.18. The Morgan fingerprint density at radius 2 is 1.81 bits per heavy atom. The maximum atomic E-state index is 13.9. The molecule has 1 aliphatic rings. The van der Waals surface area contributed by atoms with Crippen LogP contribution in [0.2, 0.25) is 0 Å². The minimum atomic E-state index is -0.754. The zero-order valence-electron chi connectivity index (χ0n) is 15.6. The molecule has 0 bridgehead atoms. The van der Waals surface area contributed by atoms with Crippen LogP contribution in [0.15, 0.2) is 47.4 Å². The second-order valence-corrected chi connectivity index (χ2v) is 7.26. The number of aromatic nitrogens is 2. The fourth-order valence-electron chi connectivity index (χ4n) is 3.66. The minimum Gasteiger partial charge on any atom is -0.372 e. The van der Waals surface area contributed by atoms with E-state index in [1.807, 2.05) is 26.0 Å². The highest BCUT2D eigenvalue weighted by molar-refractivity contribution is 5.81. The first kappa shape index (κ1) is 17.5. The Bertz CT molecular complexity index is 1020.